The van der Waals surface area contributed by atoms with Gasteiger partial charge in [-0.25, -0.2) is 13.8 Å². The van der Waals surface area contributed by atoms with Crippen LogP contribution in [0.3, 0.4) is 0 Å². The van der Waals surface area contributed by atoms with Gasteiger partial charge < -0.3 is 5.73 Å². The van der Waals surface area contributed by atoms with Crippen molar-refractivity contribution in [3.05, 3.63) is 53.6 Å². The molecule has 2 atom stereocenters. The number of pyridine rings is 1. The summed E-state index contributed by atoms with van der Waals surface area (Å²) in [5, 5.41) is 0. The number of nitrogen functional groups attached to an aromatic ring is 1. The number of nitrogens with zero attached hydrogens (tertiary/aromatic N) is 2. The van der Waals surface area contributed by atoms with Crippen LogP contribution in [0.2, 0.25) is 0 Å². The van der Waals surface area contributed by atoms with Gasteiger partial charge >= 0.3 is 0 Å². The summed E-state index contributed by atoms with van der Waals surface area (Å²) in [4.78, 5) is 16.6. The molecule has 0 unspecified atom stereocenters. The van der Waals surface area contributed by atoms with Gasteiger partial charge in [0.05, 0.1) is 5.92 Å². The standard InChI is InChI=1S/C18H15F2N3O/c1-9-11(3-2-4-13(9)19)10-5-6-15-22-18(21)16(23(15)8-10)17(24)12-7-14(12)20/h2-6,8,12,14H,7,21H2,1H3/t12-,14+/m0/s1. The normalized spacial score (nSPS) is 19.6. The van der Waals surface area contributed by atoms with Crippen LogP contribution in [0.5, 0.6) is 0 Å². The molecule has 4 nitrogen and oxygen atoms in total. The highest BCUT2D eigenvalue weighted by atomic mass is 19.1. The van der Waals surface area contributed by atoms with Crippen molar-refractivity contribution < 1.29 is 13.6 Å². The Bertz CT molecular complexity index is 980. The average Bonchev–Trinajstić information content (AvgIpc) is 3.19. The van der Waals surface area contributed by atoms with Crippen molar-refractivity contribution in [2.75, 3.05) is 5.73 Å². The van der Waals surface area contributed by atoms with Crippen LogP contribution in [0, 0.1) is 18.7 Å². The van der Waals surface area contributed by atoms with Crippen molar-refractivity contribution in [2.45, 2.75) is 19.5 Å². The van der Waals surface area contributed by atoms with Crippen LogP contribution in [0.4, 0.5) is 14.6 Å². The molecule has 0 radical (unpaired) electrons. The Kier molecular flexibility index (Phi) is 3.16. The van der Waals surface area contributed by atoms with Crippen LogP contribution in [0.15, 0.2) is 36.5 Å². The summed E-state index contributed by atoms with van der Waals surface area (Å²) < 4.78 is 28.6. The van der Waals surface area contributed by atoms with Crippen molar-refractivity contribution in [2.24, 2.45) is 5.92 Å². The van der Waals surface area contributed by atoms with E-state index < -0.39 is 12.1 Å². The smallest absolute Gasteiger partial charge is 0.189 e. The van der Waals surface area contributed by atoms with E-state index in [1.165, 1.54) is 6.07 Å². The molecule has 6 heteroatoms. The summed E-state index contributed by atoms with van der Waals surface area (Å²) in [5.41, 5.74) is 8.55. The molecule has 0 amide bonds. The number of fused-ring (bicyclic) bond motifs is 1. The number of carbonyl (C=O) groups excluding carboxylic acids is 1. The molecule has 1 fully saturated rings. The minimum atomic E-state index is -1.10. The summed E-state index contributed by atoms with van der Waals surface area (Å²) in [6.07, 6.45) is 0.827. The van der Waals surface area contributed by atoms with Crippen LogP contribution < -0.4 is 5.73 Å². The number of halogens is 2. The van der Waals surface area contributed by atoms with Crippen LogP contribution in [-0.4, -0.2) is 21.3 Å². The van der Waals surface area contributed by atoms with E-state index in [-0.39, 0.29) is 29.5 Å². The second kappa shape index (κ2) is 5.12. The average molecular weight is 327 g/mol. The number of anilines is 1. The van der Waals surface area contributed by atoms with Crippen molar-refractivity contribution in [1.29, 1.82) is 0 Å². The number of Topliss-reactive ketones (excluding diaryl/α,β-unsaturated/α-hetero) is 1. The zero-order valence-electron chi connectivity index (χ0n) is 13.0. The molecule has 24 heavy (non-hydrogen) atoms. The molecule has 3 aromatic rings. The van der Waals surface area contributed by atoms with E-state index in [2.05, 4.69) is 4.98 Å². The fourth-order valence-corrected chi connectivity index (χ4v) is 3.00. The molecule has 0 saturated heterocycles. The van der Waals surface area contributed by atoms with Crippen molar-refractivity contribution in [1.82, 2.24) is 9.38 Å². The van der Waals surface area contributed by atoms with Crippen LogP contribution in [0.1, 0.15) is 22.5 Å². The van der Waals surface area contributed by atoms with Crippen LogP contribution >= 0.6 is 0 Å². The fraction of sp³-hybridized carbons (Fsp3) is 0.222. The summed E-state index contributed by atoms with van der Waals surface area (Å²) in [7, 11) is 0. The Hall–Kier alpha value is -2.76. The van der Waals surface area contributed by atoms with Gasteiger partial charge in [0.15, 0.2) is 11.6 Å². The number of hydrogen-bond acceptors (Lipinski definition) is 3. The summed E-state index contributed by atoms with van der Waals surface area (Å²) in [5.74, 6) is -1.17. The molecule has 1 aliphatic rings. The van der Waals surface area contributed by atoms with Gasteiger partial charge in [-0.15, -0.1) is 0 Å². The van der Waals surface area contributed by atoms with Gasteiger partial charge in [-0.05, 0) is 48.2 Å². The van der Waals surface area contributed by atoms with E-state index in [1.54, 1.807) is 41.8 Å². The third-order valence-electron chi connectivity index (χ3n) is 4.51. The highest BCUT2D eigenvalue weighted by molar-refractivity contribution is 6.03. The molecule has 0 bridgehead atoms. The lowest BCUT2D eigenvalue weighted by Gasteiger charge is -2.08. The third-order valence-corrected chi connectivity index (χ3v) is 4.51. The van der Waals surface area contributed by atoms with Crippen molar-refractivity contribution in [3.63, 3.8) is 0 Å². The number of carbonyl (C=O) groups is 1. The van der Waals surface area contributed by atoms with E-state index >= 15 is 0 Å². The first-order chi connectivity index (χ1) is 11.5. The second-order valence-electron chi connectivity index (χ2n) is 6.13. The zero-order chi connectivity index (χ0) is 17.0. The predicted octanol–water partition coefficient (Wildman–Crippen LogP) is 3.57. The fourth-order valence-electron chi connectivity index (χ4n) is 3.00. The number of nitrogens with two attached hydrogens (primary N) is 1. The molecule has 4 rings (SSSR count). The van der Waals surface area contributed by atoms with Gasteiger partial charge in [-0.2, -0.15) is 0 Å². The maximum absolute atomic E-state index is 13.8. The Balaban J connectivity index is 1.88. The van der Waals surface area contributed by atoms with E-state index in [4.69, 9.17) is 5.73 Å². The summed E-state index contributed by atoms with van der Waals surface area (Å²) in [6, 6.07) is 8.35. The van der Waals surface area contributed by atoms with Gasteiger partial charge in [0.2, 0.25) is 0 Å². The number of hydrogen-bond donors (Lipinski definition) is 1. The summed E-state index contributed by atoms with van der Waals surface area (Å²) >= 11 is 0. The minimum Gasteiger partial charge on any atom is -0.382 e. The number of aromatic nitrogens is 2. The lowest BCUT2D eigenvalue weighted by atomic mass is 10.0. The third kappa shape index (κ3) is 2.18. The largest absolute Gasteiger partial charge is 0.382 e. The Labute approximate surface area is 136 Å². The first kappa shape index (κ1) is 14.8. The lowest BCUT2D eigenvalue weighted by molar-refractivity contribution is 0.0952. The first-order valence-corrected chi connectivity index (χ1v) is 7.68. The quantitative estimate of drug-likeness (QED) is 0.748. The molecule has 1 aliphatic carbocycles. The molecule has 2 aromatic heterocycles. The second-order valence-corrected chi connectivity index (χ2v) is 6.13. The number of alkyl halides is 1. The molecular weight excluding hydrogens is 312 g/mol. The number of ketones is 1. The predicted molar refractivity (Wildman–Crippen MR) is 87.1 cm³/mol. The minimum absolute atomic E-state index is 0.0900. The van der Waals surface area contributed by atoms with Crippen LogP contribution in [0.25, 0.3) is 16.8 Å². The first-order valence-electron chi connectivity index (χ1n) is 7.68. The van der Waals surface area contributed by atoms with Crippen molar-refractivity contribution in [3.8, 4) is 11.1 Å². The van der Waals surface area contributed by atoms with Gasteiger partial charge in [0.25, 0.3) is 0 Å². The van der Waals surface area contributed by atoms with Crippen molar-refractivity contribution >= 4 is 17.2 Å². The van der Waals surface area contributed by atoms with E-state index in [0.29, 0.717) is 11.2 Å². The Morgan fingerprint density at radius 3 is 2.79 bits per heavy atom. The molecule has 1 saturated carbocycles. The van der Waals surface area contributed by atoms with Gasteiger partial charge in [-0.1, -0.05) is 12.1 Å². The number of imidazole rings is 1. The lowest BCUT2D eigenvalue weighted by Crippen LogP contribution is -2.10. The monoisotopic (exact) mass is 327 g/mol. The Morgan fingerprint density at radius 2 is 2.08 bits per heavy atom. The Morgan fingerprint density at radius 1 is 1.33 bits per heavy atom. The molecule has 0 aliphatic heterocycles. The topological polar surface area (TPSA) is 60.4 Å². The molecule has 122 valence electrons. The molecule has 2 N–H and O–H groups in total. The van der Waals surface area contributed by atoms with Gasteiger partial charge in [0, 0.05) is 6.20 Å². The highest BCUT2D eigenvalue weighted by Gasteiger charge is 2.45. The van der Waals surface area contributed by atoms with E-state index in [0.717, 1.165) is 11.1 Å². The number of rotatable bonds is 3. The SMILES string of the molecule is Cc1c(F)cccc1-c1ccc2nc(N)c(C(=O)[C@H]3C[C@H]3F)n2c1. The summed E-state index contributed by atoms with van der Waals surface area (Å²) in [6.45, 7) is 1.70. The maximum atomic E-state index is 13.8. The van der Waals surface area contributed by atoms with E-state index in [9.17, 15) is 13.6 Å². The highest BCUT2D eigenvalue weighted by Crippen LogP contribution is 2.38. The van der Waals surface area contributed by atoms with Crippen LogP contribution in [-0.2, 0) is 0 Å². The molecule has 2 heterocycles. The molecular formula is C18H15F2N3O. The molecule has 1 aromatic carbocycles. The van der Waals surface area contributed by atoms with Gasteiger partial charge in [-0.3, -0.25) is 9.20 Å². The number of benzene rings is 1. The van der Waals surface area contributed by atoms with Gasteiger partial charge in [0.1, 0.15) is 23.3 Å². The molecule has 0 spiro atoms. The maximum Gasteiger partial charge on any atom is 0.189 e. The zero-order valence-corrected chi connectivity index (χ0v) is 13.0. The van der Waals surface area contributed by atoms with E-state index in [1.807, 2.05) is 0 Å².